The van der Waals surface area contributed by atoms with Gasteiger partial charge in [0, 0.05) is 17.5 Å². The van der Waals surface area contributed by atoms with Gasteiger partial charge in [0.05, 0.1) is 44.8 Å². The lowest BCUT2D eigenvalue weighted by Crippen LogP contribution is -2.60. The Kier molecular flexibility index (Phi) is 10.1. The van der Waals surface area contributed by atoms with Crippen molar-refractivity contribution in [2.75, 3.05) is 6.61 Å². The van der Waals surface area contributed by atoms with E-state index in [1.165, 1.54) is 0 Å². The maximum absolute atomic E-state index is 7.09. The van der Waals surface area contributed by atoms with Crippen LogP contribution in [0.4, 0.5) is 0 Å². The van der Waals surface area contributed by atoms with E-state index in [-0.39, 0.29) is 5.04 Å². The third-order valence-electron chi connectivity index (χ3n) is 13.9. The van der Waals surface area contributed by atoms with E-state index in [1.807, 2.05) is 0 Å². The molecule has 0 amide bonds. The van der Waals surface area contributed by atoms with E-state index in [0.29, 0.717) is 13.0 Å². The Morgan fingerprint density at radius 1 is 0.479 bits per heavy atom. The molecule has 0 spiro atoms. The predicted octanol–water partition coefficient (Wildman–Crippen LogP) is 7.96. The second-order valence-corrected chi connectivity index (χ2v) is 25.2. The monoisotopic (exact) mass is 693 g/mol. The van der Waals surface area contributed by atoms with Crippen molar-refractivity contribution >= 4 is 36.8 Å². The van der Waals surface area contributed by atoms with E-state index in [2.05, 4.69) is 145 Å². The molecule has 0 N–H and O–H groups in total. The van der Waals surface area contributed by atoms with Crippen molar-refractivity contribution in [3.63, 3.8) is 0 Å². The molecule has 274 valence electrons. The summed E-state index contributed by atoms with van der Waals surface area (Å²) in [6.45, 7) is 44.9. The minimum Gasteiger partial charge on any atom is -0.417 e. The Morgan fingerprint density at radius 3 is 0.979 bits per heavy atom. The highest BCUT2D eigenvalue weighted by Gasteiger charge is 2.78. The van der Waals surface area contributed by atoms with E-state index in [4.69, 9.17) is 41.7 Å². The van der Waals surface area contributed by atoms with Crippen LogP contribution in [0.3, 0.4) is 0 Å². The van der Waals surface area contributed by atoms with Crippen LogP contribution >= 0.6 is 0 Å². The summed E-state index contributed by atoms with van der Waals surface area (Å²) in [4.78, 5) is 0. The Morgan fingerprint density at radius 2 is 0.729 bits per heavy atom. The Labute approximate surface area is 296 Å². The molecule has 4 rings (SSSR count). The Balaban J connectivity index is 2.01. The quantitative estimate of drug-likeness (QED) is 0.224. The zero-order valence-electron chi connectivity index (χ0n) is 34.5. The van der Waals surface area contributed by atoms with Crippen LogP contribution < -0.4 is 0 Å². The van der Waals surface area contributed by atoms with Crippen LogP contribution in [-0.2, 0) is 41.7 Å². The zero-order chi connectivity index (χ0) is 37.2. The molecule has 0 atom stereocenters. The van der Waals surface area contributed by atoms with Gasteiger partial charge in [0.1, 0.15) is 0 Å². The van der Waals surface area contributed by atoms with Gasteiger partial charge in [-0.05, 0) is 135 Å². The lowest BCUT2D eigenvalue weighted by atomic mass is 9.22. The van der Waals surface area contributed by atoms with E-state index >= 15 is 0 Å². The number of hydrogen-bond donors (Lipinski definition) is 0. The predicted molar refractivity (Wildman–Crippen MR) is 199 cm³/mol. The molecular weight excluding hydrogens is 624 g/mol. The summed E-state index contributed by atoms with van der Waals surface area (Å²) in [6.07, 6.45) is 0.450. The summed E-state index contributed by atoms with van der Waals surface area (Å²) >= 11 is 0. The molecule has 0 bridgehead atoms. The molecule has 4 aliphatic rings. The third kappa shape index (κ3) is 6.62. The average Bonchev–Trinajstić information content (AvgIpc) is 3.37. The lowest BCUT2D eigenvalue weighted by Gasteiger charge is -2.45. The second kappa shape index (κ2) is 11.8. The van der Waals surface area contributed by atoms with Crippen molar-refractivity contribution in [1.82, 2.24) is 0 Å². The maximum atomic E-state index is 7.09. The molecule has 0 aliphatic carbocycles. The largest absolute Gasteiger partial charge is 0.461 e. The van der Waals surface area contributed by atoms with Gasteiger partial charge >= 0.3 is 28.5 Å². The SMILES string of the molecule is CC1(C)OB(C(B2OC(C)(C)C(C)(C)O2)C(CCO[Si](C)(C)C(C)(C)C)(B2OC(C)(C)C(C)(C)O2)B2OC(C)(C)C(C)(C)O2)OC1(C)C. The highest BCUT2D eigenvalue weighted by atomic mass is 28.4. The van der Waals surface area contributed by atoms with Crippen molar-refractivity contribution in [2.24, 2.45) is 0 Å². The molecule has 48 heavy (non-hydrogen) atoms. The molecule has 0 aromatic heterocycles. The molecule has 0 aromatic carbocycles. The molecule has 9 nitrogen and oxygen atoms in total. The summed E-state index contributed by atoms with van der Waals surface area (Å²) in [5.74, 6) is 0. The number of hydrogen-bond acceptors (Lipinski definition) is 9. The van der Waals surface area contributed by atoms with Gasteiger partial charge in [0.2, 0.25) is 0 Å². The van der Waals surface area contributed by atoms with Crippen LogP contribution in [0.1, 0.15) is 138 Å². The molecule has 4 aliphatic heterocycles. The minimum atomic E-state index is -2.18. The van der Waals surface area contributed by atoms with Gasteiger partial charge in [-0.1, -0.05) is 20.8 Å². The normalized spacial score (nSPS) is 28.6. The van der Waals surface area contributed by atoms with Crippen LogP contribution in [0.2, 0.25) is 29.1 Å². The van der Waals surface area contributed by atoms with Gasteiger partial charge in [-0.25, -0.2) is 0 Å². The smallest absolute Gasteiger partial charge is 0.417 e. The second-order valence-electron chi connectivity index (χ2n) is 20.4. The molecule has 0 aromatic rings. The third-order valence-corrected chi connectivity index (χ3v) is 18.5. The van der Waals surface area contributed by atoms with E-state index in [9.17, 15) is 0 Å². The van der Waals surface area contributed by atoms with Crippen LogP contribution in [0.15, 0.2) is 0 Å². The van der Waals surface area contributed by atoms with Crippen molar-refractivity contribution in [3.8, 4) is 0 Å². The molecule has 0 unspecified atom stereocenters. The van der Waals surface area contributed by atoms with Crippen molar-refractivity contribution in [3.05, 3.63) is 0 Å². The molecule has 0 saturated carbocycles. The van der Waals surface area contributed by atoms with Crippen molar-refractivity contribution in [2.45, 2.75) is 212 Å². The van der Waals surface area contributed by atoms with Crippen molar-refractivity contribution in [1.29, 1.82) is 0 Å². The van der Waals surface area contributed by atoms with E-state index < -0.39 is 92.5 Å². The minimum absolute atomic E-state index is 0.0151. The summed E-state index contributed by atoms with van der Waals surface area (Å²) in [5.41, 5.74) is -5.75. The molecule has 4 fully saturated rings. The summed E-state index contributed by atoms with van der Waals surface area (Å²) < 4.78 is 63.2. The first kappa shape index (κ1) is 40.9. The Hall–Kier alpha value is 0.117. The van der Waals surface area contributed by atoms with Crippen LogP contribution in [0.25, 0.3) is 0 Å². The summed E-state index contributed by atoms with van der Waals surface area (Å²) in [7, 11) is -5.37. The van der Waals surface area contributed by atoms with Gasteiger partial charge in [-0.15, -0.1) is 0 Å². The first-order valence-electron chi connectivity index (χ1n) is 18.1. The van der Waals surface area contributed by atoms with Gasteiger partial charge < -0.3 is 41.7 Å². The van der Waals surface area contributed by atoms with Gasteiger partial charge in [0.25, 0.3) is 0 Å². The molecule has 0 radical (unpaired) electrons. The van der Waals surface area contributed by atoms with Gasteiger partial charge in [-0.3, -0.25) is 0 Å². The van der Waals surface area contributed by atoms with Gasteiger partial charge in [0.15, 0.2) is 8.32 Å². The van der Waals surface area contributed by atoms with Crippen LogP contribution in [0.5, 0.6) is 0 Å². The molecule has 14 heteroatoms. The molecule has 4 saturated heterocycles. The van der Waals surface area contributed by atoms with Gasteiger partial charge in [-0.2, -0.15) is 0 Å². The molecular formula is C34H68B4O9Si. The summed E-state index contributed by atoms with van der Waals surface area (Å²) in [5, 5.41) is -1.08. The lowest BCUT2D eigenvalue weighted by molar-refractivity contribution is 0.00578. The van der Waals surface area contributed by atoms with E-state index in [1.54, 1.807) is 0 Å². The zero-order valence-corrected chi connectivity index (χ0v) is 35.5. The standard InChI is InChI=1S/C34H68B4O9Si/c1-25(2,3)48(20,21)39-23-22-34(37-44-30(12,13)31(14,15)45-37,38-46-32(16,17)33(18,19)47-38)24(35-40-26(4,5)27(6,7)41-35)36-42-28(8,9)29(10,11)43-36/h24H,22-23H2,1-21H3. The Bertz CT molecular complexity index is 1080. The first-order valence-corrected chi connectivity index (χ1v) is 21.1. The highest BCUT2D eigenvalue weighted by molar-refractivity contribution is 6.81. The average molecular weight is 692 g/mol. The van der Waals surface area contributed by atoms with E-state index in [0.717, 1.165) is 0 Å². The van der Waals surface area contributed by atoms with Crippen LogP contribution in [0, 0.1) is 0 Å². The summed E-state index contributed by atoms with van der Waals surface area (Å²) in [6, 6.07) is 0. The maximum Gasteiger partial charge on any atom is 0.461 e. The fraction of sp³-hybridized carbons (Fsp3) is 1.00. The fourth-order valence-electron chi connectivity index (χ4n) is 6.36. The highest BCUT2D eigenvalue weighted by Crippen LogP contribution is 2.63. The first-order chi connectivity index (χ1) is 21.1. The topological polar surface area (TPSA) is 83.1 Å². The van der Waals surface area contributed by atoms with Crippen molar-refractivity contribution < 1.29 is 41.7 Å². The molecule has 4 heterocycles. The number of rotatable bonds is 9. The fourth-order valence-corrected chi connectivity index (χ4v) is 7.40. The van der Waals surface area contributed by atoms with Crippen LogP contribution in [-0.4, -0.2) is 88.2 Å².